The summed E-state index contributed by atoms with van der Waals surface area (Å²) in [5.74, 6) is -0.531. The van der Waals surface area contributed by atoms with Crippen molar-refractivity contribution in [1.82, 2.24) is 25.1 Å². The Balaban J connectivity index is 2.12. The summed E-state index contributed by atoms with van der Waals surface area (Å²) in [6.45, 7) is 7.29. The Morgan fingerprint density at radius 1 is 1.15 bits per heavy atom. The minimum atomic E-state index is -0.968. The predicted octanol–water partition coefficient (Wildman–Crippen LogP) is 1.37. The second-order valence-electron chi connectivity index (χ2n) is 6.14. The van der Waals surface area contributed by atoms with Crippen LogP contribution in [0.1, 0.15) is 36.8 Å². The molecule has 0 aliphatic heterocycles. The summed E-state index contributed by atoms with van der Waals surface area (Å²) in [4.78, 5) is 32.1. The van der Waals surface area contributed by atoms with Crippen LogP contribution in [0.25, 0.3) is 5.95 Å². The second-order valence-corrected chi connectivity index (χ2v) is 6.14. The maximum absolute atomic E-state index is 12.2. The maximum Gasteiger partial charge on any atom is 0.320 e. The van der Waals surface area contributed by atoms with Gasteiger partial charge in [0.25, 0.3) is 5.95 Å². The average molecular weight is 360 g/mol. The zero-order chi connectivity index (χ0) is 19.3. The number of carboxylic acids is 1. The van der Waals surface area contributed by atoms with Crippen LogP contribution < -0.4 is 10.6 Å². The van der Waals surface area contributed by atoms with Gasteiger partial charge in [0, 0.05) is 17.5 Å². The molecule has 9 heteroatoms. The molecule has 2 aromatic rings. The number of amides is 1. The van der Waals surface area contributed by atoms with Crippen LogP contribution in [0.15, 0.2) is 12.1 Å². The van der Waals surface area contributed by atoms with E-state index >= 15 is 0 Å². The van der Waals surface area contributed by atoms with Crippen molar-refractivity contribution < 1.29 is 14.7 Å². The highest BCUT2D eigenvalue weighted by Crippen LogP contribution is 2.15. The van der Waals surface area contributed by atoms with Gasteiger partial charge >= 0.3 is 5.97 Å². The first-order chi connectivity index (χ1) is 12.3. The minimum absolute atomic E-state index is 0.116. The van der Waals surface area contributed by atoms with Gasteiger partial charge in [0.2, 0.25) is 5.91 Å². The number of carbonyl (C=O) groups excluding carboxylic acids is 1. The van der Waals surface area contributed by atoms with Crippen LogP contribution in [0.5, 0.6) is 0 Å². The van der Waals surface area contributed by atoms with Crippen LogP contribution >= 0.6 is 0 Å². The van der Waals surface area contributed by atoms with Crippen molar-refractivity contribution in [3.05, 3.63) is 29.2 Å². The van der Waals surface area contributed by atoms with Gasteiger partial charge in [-0.1, -0.05) is 13.3 Å². The number of nitrogens with zero attached hydrogens (tertiary/aromatic N) is 4. The van der Waals surface area contributed by atoms with Gasteiger partial charge in [-0.25, -0.2) is 9.97 Å². The van der Waals surface area contributed by atoms with Crippen LogP contribution in [-0.2, 0) is 9.59 Å². The van der Waals surface area contributed by atoms with Crippen LogP contribution in [0.4, 0.5) is 5.82 Å². The van der Waals surface area contributed by atoms with E-state index in [1.54, 1.807) is 13.0 Å². The third-order valence-electron chi connectivity index (χ3n) is 3.64. The van der Waals surface area contributed by atoms with Crippen molar-refractivity contribution in [3.63, 3.8) is 0 Å². The first kappa shape index (κ1) is 19.5. The molecular formula is C17H24N6O3. The molecule has 0 aliphatic rings. The Bertz CT molecular complexity index is 782. The fourth-order valence-electron chi connectivity index (χ4n) is 2.55. The third-order valence-corrected chi connectivity index (χ3v) is 3.64. The van der Waals surface area contributed by atoms with Gasteiger partial charge in [-0.15, -0.1) is 0 Å². The summed E-state index contributed by atoms with van der Waals surface area (Å²) >= 11 is 0. The Labute approximate surface area is 151 Å². The van der Waals surface area contributed by atoms with Crippen LogP contribution in [0.3, 0.4) is 0 Å². The molecule has 26 heavy (non-hydrogen) atoms. The first-order valence-electron chi connectivity index (χ1n) is 8.45. The van der Waals surface area contributed by atoms with E-state index in [4.69, 9.17) is 5.11 Å². The molecule has 0 fully saturated rings. The number of aromatic nitrogens is 4. The Hall–Kier alpha value is -2.81. The zero-order valence-electron chi connectivity index (χ0n) is 15.4. The Kier molecular flexibility index (Phi) is 6.40. The van der Waals surface area contributed by atoms with E-state index in [1.807, 2.05) is 26.8 Å². The van der Waals surface area contributed by atoms with Gasteiger partial charge < -0.3 is 10.4 Å². The second kappa shape index (κ2) is 8.52. The number of anilines is 1. The van der Waals surface area contributed by atoms with Crippen molar-refractivity contribution in [2.24, 2.45) is 0 Å². The topological polar surface area (TPSA) is 122 Å². The quantitative estimate of drug-likeness (QED) is 0.650. The van der Waals surface area contributed by atoms with Gasteiger partial charge in [-0.3, -0.25) is 14.9 Å². The molecular weight excluding hydrogens is 336 g/mol. The van der Waals surface area contributed by atoms with E-state index in [-0.39, 0.29) is 12.5 Å². The van der Waals surface area contributed by atoms with Crippen molar-refractivity contribution in [2.75, 3.05) is 11.9 Å². The normalized spacial score (nSPS) is 12.0. The smallest absolute Gasteiger partial charge is 0.320 e. The van der Waals surface area contributed by atoms with Gasteiger partial charge in [-0.2, -0.15) is 9.78 Å². The predicted molar refractivity (Wildman–Crippen MR) is 96.3 cm³/mol. The molecule has 2 aromatic heterocycles. The molecule has 1 amide bonds. The number of carboxylic acid groups (broad SMARTS) is 1. The molecule has 1 unspecified atom stereocenters. The van der Waals surface area contributed by atoms with E-state index in [1.165, 1.54) is 4.68 Å². The molecule has 2 rings (SSSR count). The summed E-state index contributed by atoms with van der Waals surface area (Å²) in [7, 11) is 0. The lowest BCUT2D eigenvalue weighted by atomic mass is 10.2. The average Bonchev–Trinajstić information content (AvgIpc) is 2.90. The number of aliphatic carboxylic acids is 1. The Morgan fingerprint density at radius 3 is 2.38 bits per heavy atom. The highest BCUT2D eigenvalue weighted by atomic mass is 16.4. The molecule has 1 atom stereocenters. The summed E-state index contributed by atoms with van der Waals surface area (Å²) in [6.07, 6.45) is 1.16. The molecule has 0 aromatic carbocycles. The van der Waals surface area contributed by atoms with Crippen molar-refractivity contribution in [1.29, 1.82) is 0 Å². The Morgan fingerprint density at radius 2 is 1.81 bits per heavy atom. The van der Waals surface area contributed by atoms with Crippen molar-refractivity contribution in [2.45, 2.75) is 46.6 Å². The molecule has 0 saturated carbocycles. The van der Waals surface area contributed by atoms with E-state index < -0.39 is 12.0 Å². The molecule has 3 N–H and O–H groups in total. The van der Waals surface area contributed by atoms with E-state index in [9.17, 15) is 9.59 Å². The van der Waals surface area contributed by atoms with Crippen LogP contribution in [0.2, 0.25) is 0 Å². The van der Waals surface area contributed by atoms with Crippen molar-refractivity contribution in [3.8, 4) is 5.95 Å². The standard InChI is InChI=1S/C17H24N6O3/c1-5-6-13(16(25)26)18-9-15(24)21-14-8-12(4)22-23(14)17-19-10(2)7-11(3)20-17/h7-8,13,18H,5-6,9H2,1-4H3,(H,21,24)(H,25,26). The van der Waals surface area contributed by atoms with Crippen LogP contribution in [0, 0.1) is 20.8 Å². The summed E-state index contributed by atoms with van der Waals surface area (Å²) < 4.78 is 1.47. The summed E-state index contributed by atoms with van der Waals surface area (Å²) in [5.41, 5.74) is 2.29. The fourth-order valence-corrected chi connectivity index (χ4v) is 2.55. The number of rotatable bonds is 8. The van der Waals surface area contributed by atoms with Gasteiger partial charge in [0.15, 0.2) is 0 Å². The highest BCUT2D eigenvalue weighted by Gasteiger charge is 2.18. The van der Waals surface area contributed by atoms with Gasteiger partial charge in [-0.05, 0) is 33.3 Å². The zero-order valence-corrected chi connectivity index (χ0v) is 15.4. The number of carbonyl (C=O) groups is 2. The maximum atomic E-state index is 12.2. The minimum Gasteiger partial charge on any atom is -0.480 e. The number of hydrogen-bond donors (Lipinski definition) is 3. The lowest BCUT2D eigenvalue weighted by molar-refractivity contribution is -0.139. The van der Waals surface area contributed by atoms with E-state index in [2.05, 4.69) is 25.7 Å². The van der Waals surface area contributed by atoms with Gasteiger partial charge in [0.05, 0.1) is 12.2 Å². The number of hydrogen-bond acceptors (Lipinski definition) is 6. The molecule has 0 saturated heterocycles. The van der Waals surface area contributed by atoms with Crippen LogP contribution in [-0.4, -0.2) is 49.3 Å². The molecule has 0 bridgehead atoms. The monoisotopic (exact) mass is 360 g/mol. The molecule has 0 aliphatic carbocycles. The number of aryl methyl sites for hydroxylation is 3. The van der Waals surface area contributed by atoms with Crippen molar-refractivity contribution >= 4 is 17.7 Å². The highest BCUT2D eigenvalue weighted by molar-refractivity contribution is 5.92. The summed E-state index contributed by atoms with van der Waals surface area (Å²) in [5, 5.41) is 18.9. The summed E-state index contributed by atoms with van der Waals surface area (Å²) in [6, 6.07) is 2.81. The van der Waals surface area contributed by atoms with E-state index in [0.717, 1.165) is 11.4 Å². The SMILES string of the molecule is CCCC(NCC(=O)Nc1cc(C)nn1-c1nc(C)cc(C)n1)C(=O)O. The molecule has 2 heterocycles. The molecule has 140 valence electrons. The van der Waals surface area contributed by atoms with Gasteiger partial charge in [0.1, 0.15) is 11.9 Å². The number of nitrogens with one attached hydrogen (secondary N) is 2. The molecule has 9 nitrogen and oxygen atoms in total. The lowest BCUT2D eigenvalue weighted by Crippen LogP contribution is -2.41. The fraction of sp³-hybridized carbons (Fsp3) is 0.471. The lowest BCUT2D eigenvalue weighted by Gasteiger charge is -2.13. The largest absolute Gasteiger partial charge is 0.480 e. The third kappa shape index (κ3) is 5.09. The first-order valence-corrected chi connectivity index (χ1v) is 8.45. The molecule has 0 radical (unpaired) electrons. The molecule has 0 spiro atoms. The van der Waals surface area contributed by atoms with E-state index in [0.29, 0.717) is 30.3 Å².